The zero-order valence-corrected chi connectivity index (χ0v) is 15.3. The average Bonchev–Trinajstić information content (AvgIpc) is 2.58. The highest BCUT2D eigenvalue weighted by molar-refractivity contribution is 7.99. The minimum atomic E-state index is -4.56. The zero-order chi connectivity index (χ0) is 20.9. The molecule has 12 heteroatoms. The molecule has 0 radical (unpaired) electrons. The first-order valence-corrected chi connectivity index (χ1v) is 8.75. The van der Waals surface area contributed by atoms with Crippen LogP contribution in [0, 0.1) is 0 Å². The molecule has 0 aliphatic rings. The summed E-state index contributed by atoms with van der Waals surface area (Å²) in [4.78, 5) is 15.6. The number of hydrogen-bond donors (Lipinski definition) is 1. The Kier molecular flexibility index (Phi) is 7.05. The SMILES string of the molecule is O=C(CSc1ccc(C(F)(F)F)cn1)Nc1cc(Cl)ccc1OCC(F)(F)F. The highest BCUT2D eigenvalue weighted by atomic mass is 35.5. The Hall–Kier alpha value is -2.14. The van der Waals surface area contributed by atoms with Crippen LogP contribution in [0.25, 0.3) is 0 Å². The van der Waals surface area contributed by atoms with Crippen LogP contribution in [0.15, 0.2) is 41.6 Å². The first kappa shape index (κ1) is 22.2. The summed E-state index contributed by atoms with van der Waals surface area (Å²) in [7, 11) is 0. The normalized spacial score (nSPS) is 12.0. The predicted molar refractivity (Wildman–Crippen MR) is 91.6 cm³/mol. The van der Waals surface area contributed by atoms with Crippen molar-refractivity contribution in [1.29, 1.82) is 0 Å². The summed E-state index contributed by atoms with van der Waals surface area (Å²) in [6.07, 6.45) is -8.45. The molecule has 1 aromatic heterocycles. The van der Waals surface area contributed by atoms with E-state index in [4.69, 9.17) is 11.6 Å². The number of amides is 1. The van der Waals surface area contributed by atoms with Gasteiger partial charge in [-0.3, -0.25) is 4.79 Å². The number of benzene rings is 1. The van der Waals surface area contributed by atoms with Gasteiger partial charge < -0.3 is 10.1 Å². The average molecular weight is 445 g/mol. The third kappa shape index (κ3) is 7.12. The molecule has 0 saturated heterocycles. The van der Waals surface area contributed by atoms with Crippen LogP contribution in [-0.4, -0.2) is 29.4 Å². The second kappa shape index (κ2) is 8.91. The van der Waals surface area contributed by atoms with Gasteiger partial charge in [-0.2, -0.15) is 26.3 Å². The molecular weight excluding hydrogens is 434 g/mol. The van der Waals surface area contributed by atoms with E-state index in [1.807, 2.05) is 0 Å². The molecule has 152 valence electrons. The number of hydrogen-bond acceptors (Lipinski definition) is 4. The number of nitrogens with one attached hydrogen (secondary N) is 1. The topological polar surface area (TPSA) is 51.2 Å². The van der Waals surface area contributed by atoms with Crippen LogP contribution in [0.2, 0.25) is 5.02 Å². The molecule has 0 aliphatic carbocycles. The van der Waals surface area contributed by atoms with Crippen LogP contribution in [0.1, 0.15) is 5.56 Å². The van der Waals surface area contributed by atoms with Crippen molar-refractivity contribution in [3.05, 3.63) is 47.1 Å². The molecule has 28 heavy (non-hydrogen) atoms. The molecule has 0 unspecified atom stereocenters. The van der Waals surface area contributed by atoms with Crippen molar-refractivity contribution in [1.82, 2.24) is 4.98 Å². The van der Waals surface area contributed by atoms with Crippen molar-refractivity contribution in [2.45, 2.75) is 17.4 Å². The van der Waals surface area contributed by atoms with Crippen molar-refractivity contribution in [2.24, 2.45) is 0 Å². The van der Waals surface area contributed by atoms with E-state index >= 15 is 0 Å². The maximum atomic E-state index is 12.5. The number of aromatic nitrogens is 1. The molecular formula is C16H11ClF6N2O2S. The Morgan fingerprint density at radius 2 is 1.86 bits per heavy atom. The molecule has 1 N–H and O–H groups in total. The first-order chi connectivity index (χ1) is 12.9. The second-order valence-electron chi connectivity index (χ2n) is 5.26. The molecule has 0 atom stereocenters. The number of pyridine rings is 1. The third-order valence-corrected chi connectivity index (χ3v) is 4.20. The molecule has 2 aromatic rings. The molecule has 4 nitrogen and oxygen atoms in total. The van der Waals surface area contributed by atoms with E-state index in [-0.39, 0.29) is 27.2 Å². The summed E-state index contributed by atoms with van der Waals surface area (Å²) < 4.78 is 79.0. The highest BCUT2D eigenvalue weighted by Crippen LogP contribution is 2.31. The summed E-state index contributed by atoms with van der Waals surface area (Å²) >= 11 is 6.63. The number of carbonyl (C=O) groups excluding carboxylic acids is 1. The maximum absolute atomic E-state index is 12.5. The Morgan fingerprint density at radius 3 is 2.43 bits per heavy atom. The van der Waals surface area contributed by atoms with Crippen LogP contribution in [0.3, 0.4) is 0 Å². The number of anilines is 1. The van der Waals surface area contributed by atoms with Crippen LogP contribution in [0.4, 0.5) is 32.0 Å². The van der Waals surface area contributed by atoms with Crippen molar-refractivity contribution < 1.29 is 35.9 Å². The lowest BCUT2D eigenvalue weighted by atomic mass is 10.3. The Balaban J connectivity index is 1.98. The summed E-state index contributed by atoms with van der Waals surface area (Å²) in [5.74, 6) is -1.11. The van der Waals surface area contributed by atoms with E-state index in [0.29, 0.717) is 6.20 Å². The highest BCUT2D eigenvalue weighted by Gasteiger charge is 2.31. The number of nitrogens with zero attached hydrogens (tertiary/aromatic N) is 1. The lowest BCUT2D eigenvalue weighted by Crippen LogP contribution is -2.20. The van der Waals surface area contributed by atoms with Gasteiger partial charge in [-0.05, 0) is 30.3 Å². The molecule has 0 aliphatic heterocycles. The van der Waals surface area contributed by atoms with E-state index in [1.165, 1.54) is 18.2 Å². The second-order valence-corrected chi connectivity index (χ2v) is 6.70. The quantitative estimate of drug-likeness (QED) is 0.477. The lowest BCUT2D eigenvalue weighted by molar-refractivity contribution is -0.153. The molecule has 1 amide bonds. The molecule has 1 aromatic carbocycles. The smallest absolute Gasteiger partial charge is 0.422 e. The predicted octanol–water partition coefficient (Wildman–Crippen LogP) is 5.43. The molecule has 1 heterocycles. The minimum Gasteiger partial charge on any atom is -0.482 e. The molecule has 0 spiro atoms. The van der Waals surface area contributed by atoms with Crippen LogP contribution in [-0.2, 0) is 11.0 Å². The van der Waals surface area contributed by atoms with E-state index in [9.17, 15) is 31.1 Å². The van der Waals surface area contributed by atoms with Gasteiger partial charge >= 0.3 is 12.4 Å². The van der Waals surface area contributed by atoms with Gasteiger partial charge in [0.15, 0.2) is 6.61 Å². The van der Waals surface area contributed by atoms with Gasteiger partial charge in [-0.15, -0.1) is 0 Å². The fraction of sp³-hybridized carbons (Fsp3) is 0.250. The Bertz CT molecular complexity index is 827. The number of ether oxygens (including phenoxy) is 1. The fourth-order valence-electron chi connectivity index (χ4n) is 1.84. The lowest BCUT2D eigenvalue weighted by Gasteiger charge is -2.14. The Labute approximate surface area is 164 Å². The van der Waals surface area contributed by atoms with Crippen molar-refractivity contribution in [2.75, 3.05) is 17.7 Å². The van der Waals surface area contributed by atoms with E-state index < -0.39 is 30.4 Å². The zero-order valence-electron chi connectivity index (χ0n) is 13.7. The van der Waals surface area contributed by atoms with Gasteiger partial charge in [-0.25, -0.2) is 4.98 Å². The fourth-order valence-corrected chi connectivity index (χ4v) is 2.66. The van der Waals surface area contributed by atoms with Crippen LogP contribution >= 0.6 is 23.4 Å². The minimum absolute atomic E-state index is 0.0669. The number of carbonyl (C=O) groups is 1. The third-order valence-electron chi connectivity index (χ3n) is 3.02. The number of alkyl halides is 6. The first-order valence-electron chi connectivity index (χ1n) is 7.39. The molecule has 0 bridgehead atoms. The van der Waals surface area contributed by atoms with Gasteiger partial charge in [0.05, 0.1) is 22.0 Å². The molecule has 0 saturated carbocycles. The van der Waals surface area contributed by atoms with Gasteiger partial charge in [0.1, 0.15) is 5.75 Å². The molecule has 0 fully saturated rings. The maximum Gasteiger partial charge on any atom is 0.422 e. The summed E-state index contributed by atoms with van der Waals surface area (Å²) in [5.41, 5.74) is -0.991. The van der Waals surface area contributed by atoms with Gasteiger partial charge in [0.2, 0.25) is 5.91 Å². The van der Waals surface area contributed by atoms with Gasteiger partial charge in [0.25, 0.3) is 0 Å². The van der Waals surface area contributed by atoms with Crippen molar-refractivity contribution in [3.63, 3.8) is 0 Å². The van der Waals surface area contributed by atoms with E-state index in [0.717, 1.165) is 23.9 Å². The monoisotopic (exact) mass is 444 g/mol. The molecule has 2 rings (SSSR count). The van der Waals surface area contributed by atoms with Crippen LogP contribution < -0.4 is 10.1 Å². The standard InChI is InChI=1S/C16H11ClF6N2O2S/c17-10-2-3-12(27-8-15(18,19)20)11(5-10)25-13(26)7-28-14-4-1-9(6-24-14)16(21,22)23/h1-6H,7-8H2,(H,25,26). The summed E-state index contributed by atoms with van der Waals surface area (Å²) in [6.45, 7) is -1.55. The number of rotatable bonds is 6. The summed E-state index contributed by atoms with van der Waals surface area (Å²) in [6, 6.07) is 5.62. The van der Waals surface area contributed by atoms with Gasteiger partial charge in [-0.1, -0.05) is 23.4 Å². The number of thioether (sulfide) groups is 1. The van der Waals surface area contributed by atoms with Crippen molar-refractivity contribution >= 4 is 35.0 Å². The van der Waals surface area contributed by atoms with Crippen LogP contribution in [0.5, 0.6) is 5.75 Å². The van der Waals surface area contributed by atoms with Crippen molar-refractivity contribution in [3.8, 4) is 5.75 Å². The summed E-state index contributed by atoms with van der Waals surface area (Å²) in [5, 5.41) is 2.68. The van der Waals surface area contributed by atoms with E-state index in [2.05, 4.69) is 15.0 Å². The van der Waals surface area contributed by atoms with Gasteiger partial charge in [0, 0.05) is 11.2 Å². The number of halogens is 7. The van der Waals surface area contributed by atoms with E-state index in [1.54, 1.807) is 0 Å². The largest absolute Gasteiger partial charge is 0.482 e. The Morgan fingerprint density at radius 1 is 1.14 bits per heavy atom.